The summed E-state index contributed by atoms with van der Waals surface area (Å²) in [7, 11) is 0. The van der Waals surface area contributed by atoms with Gasteiger partial charge < -0.3 is 20.1 Å². The van der Waals surface area contributed by atoms with Crippen LogP contribution in [0.5, 0.6) is 0 Å². The number of hydrogen-bond acceptors (Lipinski definition) is 6. The standard InChI is InChI=1S/C21H32O5.C5H10O/c1-19-7-5-13(23)9-12(19)3-4-14-15-6-8-21(26,17(25)11-22)20(15,2)10-16(24)18(14)19;1-5-3-2-4-6-5/h12-15,18,22-23,26H,3-11H2,1-2H3;5H,2-4H2,1H3/t12-,13-,14+,15+,18-,19+,20+,21+;/m1./s1. The van der Waals surface area contributed by atoms with E-state index in [-0.39, 0.29) is 41.5 Å². The van der Waals surface area contributed by atoms with E-state index in [1.54, 1.807) is 0 Å². The SMILES string of the molecule is CC1CCCO1.C[C@]12CC[C@@H](O)C[C@H]1CC[C@@H]1[C@@H]2C(=O)C[C@@]2(C)[C@H]1CC[C@]2(O)C(=O)CO. The van der Waals surface area contributed by atoms with Crippen LogP contribution in [0.1, 0.15) is 85.0 Å². The summed E-state index contributed by atoms with van der Waals surface area (Å²) in [5, 5.41) is 30.6. The molecule has 1 heterocycles. The fraction of sp³-hybridized carbons (Fsp3) is 0.923. The van der Waals surface area contributed by atoms with Crippen LogP contribution in [0.3, 0.4) is 0 Å². The maximum atomic E-state index is 13.4. The fourth-order valence-corrected chi connectivity index (χ4v) is 8.38. The zero-order valence-electron chi connectivity index (χ0n) is 20.0. The number of ether oxygens (including phenoxy) is 1. The molecule has 0 spiro atoms. The topological polar surface area (TPSA) is 104 Å². The van der Waals surface area contributed by atoms with Crippen molar-refractivity contribution in [1.82, 2.24) is 0 Å². The third-order valence-corrected chi connectivity index (χ3v) is 10.2. The van der Waals surface area contributed by atoms with Crippen LogP contribution >= 0.6 is 0 Å². The lowest BCUT2D eigenvalue weighted by Crippen LogP contribution is -2.62. The van der Waals surface area contributed by atoms with Crippen molar-refractivity contribution < 1.29 is 29.6 Å². The van der Waals surface area contributed by atoms with Crippen LogP contribution in [-0.2, 0) is 14.3 Å². The lowest BCUT2D eigenvalue weighted by molar-refractivity contribution is -0.180. The normalized spacial score (nSPS) is 50.0. The Morgan fingerprint density at radius 3 is 2.47 bits per heavy atom. The van der Waals surface area contributed by atoms with Gasteiger partial charge in [0.25, 0.3) is 0 Å². The average molecular weight is 451 g/mol. The van der Waals surface area contributed by atoms with Crippen molar-refractivity contribution in [3.8, 4) is 0 Å². The van der Waals surface area contributed by atoms with E-state index < -0.39 is 23.4 Å². The first kappa shape index (κ1) is 24.3. The molecule has 3 N–H and O–H groups in total. The summed E-state index contributed by atoms with van der Waals surface area (Å²) < 4.78 is 5.15. The van der Waals surface area contributed by atoms with Gasteiger partial charge in [0.1, 0.15) is 18.0 Å². The highest BCUT2D eigenvalue weighted by atomic mass is 16.5. The van der Waals surface area contributed by atoms with E-state index in [1.807, 2.05) is 6.92 Å². The molecular formula is C26H42O6. The van der Waals surface area contributed by atoms with E-state index in [0.29, 0.717) is 18.4 Å². The molecule has 4 saturated carbocycles. The molecule has 182 valence electrons. The van der Waals surface area contributed by atoms with Crippen molar-refractivity contribution in [3.63, 3.8) is 0 Å². The van der Waals surface area contributed by atoms with Gasteiger partial charge in [-0.05, 0) is 87.9 Å². The van der Waals surface area contributed by atoms with Crippen LogP contribution in [0.25, 0.3) is 0 Å². The van der Waals surface area contributed by atoms with Crippen LogP contribution in [0.15, 0.2) is 0 Å². The van der Waals surface area contributed by atoms with Crippen LogP contribution in [0, 0.1) is 34.5 Å². The molecule has 4 aliphatic carbocycles. The van der Waals surface area contributed by atoms with Gasteiger partial charge >= 0.3 is 0 Å². The van der Waals surface area contributed by atoms with Crippen molar-refractivity contribution in [2.24, 2.45) is 34.5 Å². The van der Waals surface area contributed by atoms with Crippen molar-refractivity contribution in [2.75, 3.05) is 13.2 Å². The summed E-state index contributed by atoms with van der Waals surface area (Å²) in [5.41, 5.74) is -2.40. The Morgan fingerprint density at radius 2 is 1.88 bits per heavy atom. The van der Waals surface area contributed by atoms with Gasteiger partial charge in [-0.1, -0.05) is 13.8 Å². The molecule has 0 aromatic rings. The van der Waals surface area contributed by atoms with Crippen molar-refractivity contribution >= 4 is 11.6 Å². The molecule has 1 aliphatic heterocycles. The minimum Gasteiger partial charge on any atom is -0.393 e. The summed E-state index contributed by atoms with van der Waals surface area (Å²) in [6.45, 7) is 6.57. The molecule has 5 aliphatic rings. The van der Waals surface area contributed by atoms with Crippen LogP contribution in [-0.4, -0.2) is 57.9 Å². The predicted octanol–water partition coefficient (Wildman–Crippen LogP) is 3.05. The van der Waals surface area contributed by atoms with E-state index in [9.17, 15) is 24.9 Å². The highest BCUT2D eigenvalue weighted by molar-refractivity contribution is 5.92. The van der Waals surface area contributed by atoms with Crippen LogP contribution < -0.4 is 0 Å². The minimum atomic E-state index is -1.58. The number of carbonyl (C=O) groups excluding carboxylic acids is 2. The lowest BCUT2D eigenvalue weighted by Gasteiger charge is -2.60. The van der Waals surface area contributed by atoms with Crippen molar-refractivity contribution in [1.29, 1.82) is 0 Å². The second kappa shape index (κ2) is 8.75. The second-order valence-corrected chi connectivity index (χ2v) is 11.8. The lowest BCUT2D eigenvalue weighted by atomic mass is 9.44. The molecule has 9 atom stereocenters. The molecule has 5 fully saturated rings. The van der Waals surface area contributed by atoms with E-state index in [0.717, 1.165) is 45.1 Å². The summed E-state index contributed by atoms with van der Waals surface area (Å²) in [5.74, 6) is 0.380. The first-order valence-corrected chi connectivity index (χ1v) is 12.8. The summed E-state index contributed by atoms with van der Waals surface area (Å²) in [4.78, 5) is 25.7. The van der Waals surface area contributed by atoms with Gasteiger partial charge in [0.15, 0.2) is 5.78 Å². The highest BCUT2D eigenvalue weighted by Gasteiger charge is 2.68. The Labute approximate surface area is 192 Å². The number of rotatable bonds is 2. The van der Waals surface area contributed by atoms with E-state index in [2.05, 4.69) is 13.8 Å². The fourth-order valence-electron chi connectivity index (χ4n) is 8.38. The van der Waals surface area contributed by atoms with Crippen LogP contribution in [0.2, 0.25) is 0 Å². The maximum absolute atomic E-state index is 13.4. The summed E-state index contributed by atoms with van der Waals surface area (Å²) in [6.07, 6.45) is 8.55. The minimum absolute atomic E-state index is 0.0154. The molecule has 0 aromatic heterocycles. The molecule has 1 unspecified atom stereocenters. The molecule has 32 heavy (non-hydrogen) atoms. The Balaban J connectivity index is 0.000000354. The van der Waals surface area contributed by atoms with Crippen molar-refractivity contribution in [2.45, 2.75) is 103 Å². The molecule has 0 bridgehead atoms. The number of hydrogen-bond donors (Lipinski definition) is 3. The zero-order chi connectivity index (χ0) is 23.3. The van der Waals surface area contributed by atoms with Gasteiger partial charge in [-0.15, -0.1) is 0 Å². The highest BCUT2D eigenvalue weighted by Crippen LogP contribution is 2.67. The Hall–Kier alpha value is -0.820. The molecule has 0 aromatic carbocycles. The molecule has 0 radical (unpaired) electrons. The first-order chi connectivity index (χ1) is 15.1. The van der Waals surface area contributed by atoms with Gasteiger partial charge in [-0.3, -0.25) is 9.59 Å². The third-order valence-electron chi connectivity index (χ3n) is 10.2. The number of fused-ring (bicyclic) bond motifs is 5. The zero-order valence-corrected chi connectivity index (χ0v) is 20.0. The Morgan fingerprint density at radius 1 is 1.12 bits per heavy atom. The smallest absolute Gasteiger partial charge is 0.190 e. The molecule has 6 heteroatoms. The average Bonchev–Trinajstić information content (AvgIpc) is 3.33. The van der Waals surface area contributed by atoms with Gasteiger partial charge in [0.05, 0.1) is 12.2 Å². The number of carbonyl (C=O) groups is 2. The first-order valence-electron chi connectivity index (χ1n) is 12.8. The predicted molar refractivity (Wildman–Crippen MR) is 120 cm³/mol. The second-order valence-electron chi connectivity index (χ2n) is 11.8. The number of ketones is 2. The quantitative estimate of drug-likeness (QED) is 0.597. The van der Waals surface area contributed by atoms with Gasteiger partial charge in [-0.2, -0.15) is 0 Å². The number of aliphatic hydroxyl groups is 3. The molecule has 1 saturated heterocycles. The van der Waals surface area contributed by atoms with Crippen molar-refractivity contribution in [3.05, 3.63) is 0 Å². The number of Topliss-reactive ketones (excluding diaryl/α,β-unsaturated/α-hetero) is 2. The third kappa shape index (κ3) is 3.70. The molecule has 6 nitrogen and oxygen atoms in total. The van der Waals surface area contributed by atoms with E-state index >= 15 is 0 Å². The summed E-state index contributed by atoms with van der Waals surface area (Å²) >= 11 is 0. The molecule has 0 amide bonds. The van der Waals surface area contributed by atoms with Gasteiger partial charge in [0, 0.05) is 24.4 Å². The Bertz CT molecular complexity index is 732. The summed E-state index contributed by atoms with van der Waals surface area (Å²) in [6, 6.07) is 0. The van der Waals surface area contributed by atoms with Crippen LogP contribution in [0.4, 0.5) is 0 Å². The number of aliphatic hydroxyl groups excluding tert-OH is 2. The van der Waals surface area contributed by atoms with Gasteiger partial charge in [-0.25, -0.2) is 0 Å². The molecule has 5 rings (SSSR count). The monoisotopic (exact) mass is 450 g/mol. The van der Waals surface area contributed by atoms with Gasteiger partial charge in [0.2, 0.25) is 0 Å². The van der Waals surface area contributed by atoms with E-state index in [4.69, 9.17) is 4.74 Å². The Kier molecular flexibility index (Phi) is 6.65. The van der Waals surface area contributed by atoms with E-state index in [1.165, 1.54) is 12.8 Å². The largest absolute Gasteiger partial charge is 0.393 e. The molecular weight excluding hydrogens is 408 g/mol. The maximum Gasteiger partial charge on any atom is 0.190 e.